The zero-order valence-electron chi connectivity index (χ0n) is 38.6. The average molecular weight is 893 g/mol. The second-order valence-corrected chi connectivity index (χ2v) is 17.8. The van der Waals surface area contributed by atoms with Crippen LogP contribution in [0.2, 0.25) is 0 Å². The first-order valence-electron chi connectivity index (χ1n) is 24.0. The molecule has 12 rings (SSSR count). The number of hydrogen-bond acceptors (Lipinski definition) is 2. The third-order valence-corrected chi connectivity index (χ3v) is 13.4. The maximum atomic E-state index is 2.41. The molecule has 0 aliphatic carbocycles. The van der Waals surface area contributed by atoms with Gasteiger partial charge in [-0.15, -0.1) is 0 Å². The molecule has 0 fully saturated rings. The van der Waals surface area contributed by atoms with Crippen molar-refractivity contribution in [1.82, 2.24) is 0 Å². The summed E-state index contributed by atoms with van der Waals surface area (Å²) in [7, 11) is 0. The summed E-state index contributed by atoms with van der Waals surface area (Å²) in [6, 6.07) is 106. The monoisotopic (exact) mass is 892 g/mol. The average Bonchev–Trinajstić information content (AvgIpc) is 3.44. The Hall–Kier alpha value is -9.24. The Morgan fingerprint density at radius 3 is 1.00 bits per heavy atom. The molecule has 0 N–H and O–H groups in total. The van der Waals surface area contributed by atoms with Crippen molar-refractivity contribution in [2.45, 2.75) is 0 Å². The van der Waals surface area contributed by atoms with Gasteiger partial charge in [-0.25, -0.2) is 0 Å². The third kappa shape index (κ3) is 8.51. The van der Waals surface area contributed by atoms with Crippen LogP contribution < -0.4 is 9.80 Å². The molecular weight excluding hydrogens is 845 g/mol. The van der Waals surface area contributed by atoms with Gasteiger partial charge in [0.15, 0.2) is 0 Å². The summed E-state index contributed by atoms with van der Waals surface area (Å²) in [6.07, 6.45) is 0. The fourth-order valence-electron chi connectivity index (χ4n) is 9.85. The molecule has 0 radical (unpaired) electrons. The first-order valence-corrected chi connectivity index (χ1v) is 24.0. The predicted octanol–water partition coefficient (Wildman–Crippen LogP) is 19.3. The van der Waals surface area contributed by atoms with Crippen LogP contribution in [-0.4, -0.2) is 0 Å². The summed E-state index contributed by atoms with van der Waals surface area (Å²) >= 11 is 0. The Morgan fingerprint density at radius 2 is 0.529 bits per heavy atom. The van der Waals surface area contributed by atoms with Crippen molar-refractivity contribution in [3.8, 4) is 55.6 Å². The van der Waals surface area contributed by atoms with E-state index in [1.165, 1.54) is 66.1 Å². The molecule has 0 atom stereocenters. The van der Waals surface area contributed by atoms with E-state index in [9.17, 15) is 0 Å². The van der Waals surface area contributed by atoms with E-state index < -0.39 is 0 Å². The minimum absolute atomic E-state index is 1.04. The van der Waals surface area contributed by atoms with Crippen LogP contribution in [0.3, 0.4) is 0 Å². The summed E-state index contributed by atoms with van der Waals surface area (Å²) in [6.45, 7) is 0. The zero-order chi connectivity index (χ0) is 46.6. The number of nitrogens with zero attached hydrogens (tertiary/aromatic N) is 2. The lowest BCUT2D eigenvalue weighted by atomic mass is 9.97. The van der Waals surface area contributed by atoms with Gasteiger partial charge in [-0.3, -0.25) is 0 Å². The van der Waals surface area contributed by atoms with E-state index in [0.29, 0.717) is 0 Å². The van der Waals surface area contributed by atoms with Gasteiger partial charge in [0.05, 0.1) is 0 Å². The molecule has 0 heterocycles. The molecule has 0 aliphatic rings. The highest BCUT2D eigenvalue weighted by Crippen LogP contribution is 2.45. The molecule has 12 aromatic carbocycles. The Bertz CT molecular complexity index is 3630. The topological polar surface area (TPSA) is 6.48 Å². The van der Waals surface area contributed by atoms with Crippen molar-refractivity contribution in [1.29, 1.82) is 0 Å². The molecule has 0 spiro atoms. The number of benzene rings is 12. The molecule has 12 aromatic rings. The van der Waals surface area contributed by atoms with Crippen LogP contribution in [0.15, 0.2) is 291 Å². The highest BCUT2D eigenvalue weighted by atomic mass is 15.2. The van der Waals surface area contributed by atoms with Gasteiger partial charge in [0.1, 0.15) is 0 Å². The molecule has 2 heteroatoms. The van der Waals surface area contributed by atoms with E-state index in [2.05, 4.69) is 301 Å². The number of fused-ring (bicyclic) bond motifs is 2. The van der Waals surface area contributed by atoms with Crippen molar-refractivity contribution in [3.05, 3.63) is 291 Å². The molecular formula is C68H48N2. The van der Waals surface area contributed by atoms with Crippen LogP contribution in [0.1, 0.15) is 0 Å². The summed E-state index contributed by atoms with van der Waals surface area (Å²) < 4.78 is 0. The second kappa shape index (κ2) is 18.8. The molecule has 0 saturated heterocycles. The number of anilines is 6. The first-order chi connectivity index (χ1) is 34.7. The van der Waals surface area contributed by atoms with Gasteiger partial charge in [0, 0.05) is 34.1 Å². The lowest BCUT2D eigenvalue weighted by Gasteiger charge is -2.31. The largest absolute Gasteiger partial charge is 0.310 e. The van der Waals surface area contributed by atoms with Gasteiger partial charge < -0.3 is 9.80 Å². The normalized spacial score (nSPS) is 11.1. The molecule has 0 saturated carbocycles. The van der Waals surface area contributed by atoms with Crippen LogP contribution in [0, 0.1) is 0 Å². The van der Waals surface area contributed by atoms with E-state index in [-0.39, 0.29) is 0 Å². The van der Waals surface area contributed by atoms with Gasteiger partial charge in [0.25, 0.3) is 0 Å². The van der Waals surface area contributed by atoms with Crippen LogP contribution in [0.4, 0.5) is 34.1 Å². The first kappa shape index (κ1) is 42.1. The van der Waals surface area contributed by atoms with Gasteiger partial charge in [0.2, 0.25) is 0 Å². The summed E-state index contributed by atoms with van der Waals surface area (Å²) in [5.74, 6) is 0. The minimum Gasteiger partial charge on any atom is -0.310 e. The third-order valence-electron chi connectivity index (χ3n) is 13.4. The van der Waals surface area contributed by atoms with Crippen LogP contribution >= 0.6 is 0 Å². The molecule has 70 heavy (non-hydrogen) atoms. The summed E-state index contributed by atoms with van der Waals surface area (Å²) in [5.41, 5.74) is 18.1. The molecule has 0 bridgehead atoms. The van der Waals surface area contributed by atoms with Crippen molar-refractivity contribution in [2.75, 3.05) is 9.80 Å². The molecule has 330 valence electrons. The zero-order valence-corrected chi connectivity index (χ0v) is 38.6. The van der Waals surface area contributed by atoms with Crippen molar-refractivity contribution >= 4 is 55.7 Å². The van der Waals surface area contributed by atoms with E-state index in [4.69, 9.17) is 0 Å². The predicted molar refractivity (Wildman–Crippen MR) is 298 cm³/mol. The maximum Gasteiger partial charge on any atom is 0.0488 e. The second-order valence-electron chi connectivity index (χ2n) is 17.8. The Balaban J connectivity index is 1.06. The van der Waals surface area contributed by atoms with Gasteiger partial charge in [-0.1, -0.05) is 218 Å². The van der Waals surface area contributed by atoms with Gasteiger partial charge in [-0.2, -0.15) is 0 Å². The van der Waals surface area contributed by atoms with Crippen molar-refractivity contribution in [3.63, 3.8) is 0 Å². The van der Waals surface area contributed by atoms with Crippen molar-refractivity contribution in [2.24, 2.45) is 0 Å². The quantitative estimate of drug-likeness (QED) is 0.128. The van der Waals surface area contributed by atoms with Crippen LogP contribution in [0.25, 0.3) is 77.2 Å². The Labute approximate surface area is 410 Å². The minimum atomic E-state index is 1.04. The lowest BCUT2D eigenvalue weighted by Crippen LogP contribution is -2.13. The molecule has 2 nitrogen and oxygen atoms in total. The Kier molecular flexibility index (Phi) is 11.3. The molecule has 0 aliphatic heterocycles. The van der Waals surface area contributed by atoms with Crippen LogP contribution in [-0.2, 0) is 0 Å². The SMILES string of the molecule is c1ccc(-c2ccc(N(c3ccc(-c4ccccc4)cc3)c3cc(-c4ccc5ccccc5c4)cc(N(c4ccc(-c5ccccc5)cc4)c4ccc(-c5cccc6ccccc56)cc4)c3)cc2)cc1. The summed E-state index contributed by atoms with van der Waals surface area (Å²) in [4.78, 5) is 4.81. The lowest BCUT2D eigenvalue weighted by molar-refractivity contribution is 1.25. The fraction of sp³-hybridized carbons (Fsp3) is 0. The van der Waals surface area contributed by atoms with Crippen LogP contribution in [0.5, 0.6) is 0 Å². The van der Waals surface area contributed by atoms with Gasteiger partial charge >= 0.3 is 0 Å². The molecule has 0 unspecified atom stereocenters. The molecule has 0 aromatic heterocycles. The standard InChI is InChI=1S/C68H48N2/c1-4-15-49(16-5-1)53-29-37-61(38-30-53)69(62-39-31-54(32-40-62)50-17-6-2-7-18-50)65-46-60(59-28-27-52-21-10-11-23-58(52)45-59)47-66(48-65)70(63-41-33-55(34-42-63)51-19-8-3-9-20-51)64-43-35-57(36-44-64)68-26-14-24-56-22-12-13-25-67(56)68/h1-48H. The fourth-order valence-corrected chi connectivity index (χ4v) is 9.85. The number of hydrogen-bond donors (Lipinski definition) is 0. The smallest absolute Gasteiger partial charge is 0.0488 e. The van der Waals surface area contributed by atoms with E-state index in [0.717, 1.165) is 45.3 Å². The van der Waals surface area contributed by atoms with E-state index in [1.807, 2.05) is 0 Å². The van der Waals surface area contributed by atoms with E-state index in [1.54, 1.807) is 0 Å². The van der Waals surface area contributed by atoms with Gasteiger partial charge in [-0.05, 0) is 150 Å². The summed E-state index contributed by atoms with van der Waals surface area (Å²) in [5, 5.41) is 4.89. The highest BCUT2D eigenvalue weighted by molar-refractivity contribution is 5.97. The maximum absolute atomic E-state index is 2.41. The number of rotatable bonds is 11. The highest BCUT2D eigenvalue weighted by Gasteiger charge is 2.21. The van der Waals surface area contributed by atoms with Crippen molar-refractivity contribution < 1.29 is 0 Å². The Morgan fingerprint density at radius 1 is 0.171 bits per heavy atom. The molecule has 0 amide bonds. The van der Waals surface area contributed by atoms with E-state index >= 15 is 0 Å².